The lowest BCUT2D eigenvalue weighted by Gasteiger charge is -2.07. The fourth-order valence-electron chi connectivity index (χ4n) is 2.49. The van der Waals surface area contributed by atoms with Gasteiger partial charge in [0.1, 0.15) is 0 Å². The molecule has 0 bridgehead atoms. The van der Waals surface area contributed by atoms with Crippen molar-refractivity contribution in [2.45, 2.75) is 26.7 Å². The Morgan fingerprint density at radius 1 is 1.08 bits per heavy atom. The molecule has 5 nitrogen and oxygen atoms in total. The van der Waals surface area contributed by atoms with Gasteiger partial charge >= 0.3 is 0 Å². The third-order valence-electron chi connectivity index (χ3n) is 3.64. The second kappa shape index (κ2) is 7.08. The number of nitrogens with one attached hydrogen (secondary N) is 1. The van der Waals surface area contributed by atoms with Gasteiger partial charge in [-0.1, -0.05) is 35.9 Å². The Hall–Kier alpha value is -2.95. The van der Waals surface area contributed by atoms with E-state index in [0.717, 1.165) is 17.7 Å². The van der Waals surface area contributed by atoms with E-state index in [1.165, 1.54) is 11.1 Å². The van der Waals surface area contributed by atoms with Crippen molar-refractivity contribution < 1.29 is 9.21 Å². The maximum absolute atomic E-state index is 12.2. The number of benzene rings is 2. The van der Waals surface area contributed by atoms with Crippen LogP contribution in [-0.4, -0.2) is 16.1 Å². The van der Waals surface area contributed by atoms with Crippen LogP contribution in [0.1, 0.15) is 23.4 Å². The molecular weight excluding hydrogens is 302 g/mol. The summed E-state index contributed by atoms with van der Waals surface area (Å²) in [6, 6.07) is 15.6. The number of aromatic nitrogens is 2. The molecule has 1 heterocycles. The van der Waals surface area contributed by atoms with Crippen LogP contribution < -0.4 is 5.32 Å². The van der Waals surface area contributed by atoms with E-state index in [1.54, 1.807) is 6.92 Å². The smallest absolute Gasteiger partial charge is 0.247 e. The molecule has 5 heteroatoms. The summed E-state index contributed by atoms with van der Waals surface area (Å²) in [6.07, 6.45) is 1.16. The minimum atomic E-state index is -0.0182. The van der Waals surface area contributed by atoms with Crippen molar-refractivity contribution in [2.24, 2.45) is 0 Å². The van der Waals surface area contributed by atoms with Gasteiger partial charge in [0.2, 0.25) is 17.7 Å². The van der Waals surface area contributed by atoms with Crippen molar-refractivity contribution in [2.75, 3.05) is 5.32 Å². The van der Waals surface area contributed by atoms with Crippen molar-refractivity contribution in [1.29, 1.82) is 0 Å². The molecule has 0 atom stereocenters. The Labute approximate surface area is 140 Å². The number of hydrogen-bond donors (Lipinski definition) is 1. The molecule has 122 valence electrons. The molecule has 0 unspecified atom stereocenters. The van der Waals surface area contributed by atoms with Gasteiger partial charge < -0.3 is 9.73 Å². The molecule has 1 N–H and O–H groups in total. The summed E-state index contributed by atoms with van der Waals surface area (Å²) in [4.78, 5) is 12.2. The van der Waals surface area contributed by atoms with Crippen LogP contribution in [0.3, 0.4) is 0 Å². The Morgan fingerprint density at radius 3 is 2.67 bits per heavy atom. The second-order valence-corrected chi connectivity index (χ2v) is 5.74. The normalized spacial score (nSPS) is 10.6. The topological polar surface area (TPSA) is 68.0 Å². The number of nitrogens with zero attached hydrogens (tertiary/aromatic N) is 2. The van der Waals surface area contributed by atoms with Gasteiger partial charge in [-0.3, -0.25) is 4.79 Å². The average molecular weight is 321 g/mol. The predicted octanol–water partition coefficient (Wildman–Crippen LogP) is 3.92. The van der Waals surface area contributed by atoms with Gasteiger partial charge in [0.05, 0.1) is 0 Å². The van der Waals surface area contributed by atoms with Crippen molar-refractivity contribution in [3.05, 3.63) is 65.5 Å². The van der Waals surface area contributed by atoms with Gasteiger partial charge in [0.15, 0.2) is 0 Å². The number of carbonyl (C=O) groups is 1. The number of anilines is 1. The van der Waals surface area contributed by atoms with E-state index in [-0.39, 0.29) is 5.91 Å². The molecule has 3 aromatic rings. The standard InChI is InChI=1S/C19H19N3O2/c1-13-5-3-6-15(11-13)9-10-18(23)20-17-8-4-7-16(12-17)19-22-21-14(2)24-19/h3-8,11-12H,9-10H2,1-2H3,(H,20,23). The average Bonchev–Trinajstić information content (AvgIpc) is 3.00. The highest BCUT2D eigenvalue weighted by Gasteiger charge is 2.08. The third kappa shape index (κ3) is 4.07. The fourth-order valence-corrected chi connectivity index (χ4v) is 2.49. The van der Waals surface area contributed by atoms with E-state index in [0.29, 0.717) is 18.2 Å². The maximum Gasteiger partial charge on any atom is 0.247 e. The molecule has 2 aromatic carbocycles. The van der Waals surface area contributed by atoms with Crippen LogP contribution in [0.2, 0.25) is 0 Å². The molecule has 0 aliphatic rings. The van der Waals surface area contributed by atoms with Crippen LogP contribution in [0.15, 0.2) is 52.9 Å². The minimum absolute atomic E-state index is 0.0182. The number of carbonyl (C=O) groups excluding carboxylic acids is 1. The van der Waals surface area contributed by atoms with Crippen LogP contribution >= 0.6 is 0 Å². The van der Waals surface area contributed by atoms with E-state index >= 15 is 0 Å². The van der Waals surface area contributed by atoms with Crippen LogP contribution in [-0.2, 0) is 11.2 Å². The maximum atomic E-state index is 12.2. The number of aryl methyl sites for hydroxylation is 3. The van der Waals surface area contributed by atoms with Crippen molar-refractivity contribution in [1.82, 2.24) is 10.2 Å². The van der Waals surface area contributed by atoms with Crippen LogP contribution in [0.5, 0.6) is 0 Å². The molecule has 0 radical (unpaired) electrons. The quantitative estimate of drug-likeness (QED) is 0.773. The summed E-state index contributed by atoms with van der Waals surface area (Å²) in [5, 5.41) is 10.7. The molecule has 24 heavy (non-hydrogen) atoms. The Bertz CT molecular complexity index is 855. The fraction of sp³-hybridized carbons (Fsp3) is 0.211. The molecule has 3 rings (SSSR count). The van der Waals surface area contributed by atoms with Crippen molar-refractivity contribution in [3.8, 4) is 11.5 Å². The second-order valence-electron chi connectivity index (χ2n) is 5.74. The van der Waals surface area contributed by atoms with E-state index in [1.807, 2.05) is 49.4 Å². The first kappa shape index (κ1) is 15.9. The number of rotatable bonds is 5. The zero-order valence-corrected chi connectivity index (χ0v) is 13.7. The van der Waals surface area contributed by atoms with Gasteiger partial charge in [-0.25, -0.2) is 0 Å². The molecule has 0 aliphatic carbocycles. The van der Waals surface area contributed by atoms with Gasteiger partial charge in [0, 0.05) is 24.6 Å². The molecule has 0 aliphatic heterocycles. The van der Waals surface area contributed by atoms with Gasteiger partial charge in [-0.15, -0.1) is 10.2 Å². The van der Waals surface area contributed by atoms with Gasteiger partial charge in [-0.05, 0) is 37.1 Å². The number of amides is 1. The summed E-state index contributed by atoms with van der Waals surface area (Å²) in [5.74, 6) is 0.941. The minimum Gasteiger partial charge on any atom is -0.421 e. The van der Waals surface area contributed by atoms with E-state index in [2.05, 4.69) is 21.6 Å². The zero-order chi connectivity index (χ0) is 16.9. The lowest BCUT2D eigenvalue weighted by molar-refractivity contribution is -0.116. The largest absolute Gasteiger partial charge is 0.421 e. The molecule has 0 fully saturated rings. The first-order valence-electron chi connectivity index (χ1n) is 7.86. The lowest BCUT2D eigenvalue weighted by atomic mass is 10.1. The lowest BCUT2D eigenvalue weighted by Crippen LogP contribution is -2.12. The first-order valence-corrected chi connectivity index (χ1v) is 7.86. The van der Waals surface area contributed by atoms with Gasteiger partial charge in [0.25, 0.3) is 0 Å². The molecule has 0 saturated carbocycles. The van der Waals surface area contributed by atoms with E-state index in [9.17, 15) is 4.79 Å². The molecule has 1 amide bonds. The zero-order valence-electron chi connectivity index (χ0n) is 13.7. The monoisotopic (exact) mass is 321 g/mol. The Morgan fingerprint density at radius 2 is 1.92 bits per heavy atom. The third-order valence-corrected chi connectivity index (χ3v) is 3.64. The highest BCUT2D eigenvalue weighted by Crippen LogP contribution is 2.21. The predicted molar refractivity (Wildman–Crippen MR) is 92.6 cm³/mol. The molecular formula is C19H19N3O2. The van der Waals surface area contributed by atoms with Gasteiger partial charge in [-0.2, -0.15) is 0 Å². The van der Waals surface area contributed by atoms with Crippen molar-refractivity contribution in [3.63, 3.8) is 0 Å². The highest BCUT2D eigenvalue weighted by atomic mass is 16.4. The summed E-state index contributed by atoms with van der Waals surface area (Å²) >= 11 is 0. The highest BCUT2D eigenvalue weighted by molar-refractivity contribution is 5.91. The Kier molecular flexibility index (Phi) is 4.70. The summed E-state index contributed by atoms with van der Waals surface area (Å²) < 4.78 is 5.41. The summed E-state index contributed by atoms with van der Waals surface area (Å²) in [6.45, 7) is 3.79. The Balaban J connectivity index is 1.62. The van der Waals surface area contributed by atoms with Crippen LogP contribution in [0.25, 0.3) is 11.5 Å². The van der Waals surface area contributed by atoms with E-state index < -0.39 is 0 Å². The first-order chi connectivity index (χ1) is 11.6. The van der Waals surface area contributed by atoms with E-state index in [4.69, 9.17) is 4.42 Å². The van der Waals surface area contributed by atoms with Crippen molar-refractivity contribution >= 4 is 11.6 Å². The molecule has 0 spiro atoms. The number of hydrogen-bond acceptors (Lipinski definition) is 4. The van der Waals surface area contributed by atoms with Crippen LogP contribution in [0, 0.1) is 13.8 Å². The molecule has 0 saturated heterocycles. The summed E-state index contributed by atoms with van der Waals surface area (Å²) in [5.41, 5.74) is 3.88. The summed E-state index contributed by atoms with van der Waals surface area (Å²) in [7, 11) is 0. The molecule has 1 aromatic heterocycles. The SMILES string of the molecule is Cc1cccc(CCC(=O)Nc2cccc(-c3nnc(C)o3)c2)c1. The van der Waals surface area contributed by atoms with Crippen LogP contribution in [0.4, 0.5) is 5.69 Å².